The molecule has 12 nitrogen and oxygen atoms in total. The molecule has 1 unspecified atom stereocenters. The summed E-state index contributed by atoms with van der Waals surface area (Å²) in [7, 11) is -0.199. The van der Waals surface area contributed by atoms with E-state index in [1.54, 1.807) is 24.1 Å². The van der Waals surface area contributed by atoms with E-state index in [1.165, 1.54) is 36.2 Å². The molecule has 2 fully saturated rings. The summed E-state index contributed by atoms with van der Waals surface area (Å²) in [4.78, 5) is 33.3. The number of benzene rings is 2. The molecule has 2 amide bonds. The molecular formula is C41H56ClF2N5O7S. The van der Waals surface area contributed by atoms with Gasteiger partial charge >= 0.3 is 10.2 Å². The van der Waals surface area contributed by atoms with Crippen LogP contribution in [-0.4, -0.2) is 125 Å². The Kier molecular flexibility index (Phi) is 11.7. The van der Waals surface area contributed by atoms with E-state index in [1.807, 2.05) is 16.9 Å². The topological polar surface area (TPSA) is 132 Å². The van der Waals surface area contributed by atoms with Crippen molar-refractivity contribution in [3.63, 3.8) is 0 Å². The third-order valence-electron chi connectivity index (χ3n) is 13.2. The van der Waals surface area contributed by atoms with Gasteiger partial charge in [-0.3, -0.25) is 14.5 Å². The molecule has 1 saturated carbocycles. The SMILES string of the molecule is CN1CCCC[C@H](OCCN2CC(F)(F)C2)[C@@H]2CCC2(C)CN2C[C@@]3(CCCc4cc(Cl)ccc43)COc3ccc(cc32)[C@@](O)(C(=O)NS(=O)(=O)N(C)C)CC1=O. The average molecular weight is 836 g/mol. The van der Waals surface area contributed by atoms with Gasteiger partial charge in [0, 0.05) is 57.8 Å². The zero-order valence-electron chi connectivity index (χ0n) is 33.4. The van der Waals surface area contributed by atoms with E-state index in [9.17, 15) is 31.9 Å². The Balaban J connectivity index is 1.29. The second-order valence-corrected chi connectivity index (χ2v) is 19.9. The molecule has 2 aromatic rings. The Labute approximate surface area is 340 Å². The van der Waals surface area contributed by atoms with Crippen LogP contribution < -0.4 is 14.4 Å². The average Bonchev–Trinajstić information content (AvgIpc) is 3.27. The van der Waals surface area contributed by atoms with Crippen LogP contribution in [0.3, 0.4) is 0 Å². The van der Waals surface area contributed by atoms with Gasteiger partial charge in [-0.05, 0) is 104 Å². The molecule has 2 N–H and O–H groups in total. The minimum Gasteiger partial charge on any atom is -0.490 e. The normalized spacial score (nSPS) is 30.7. The summed E-state index contributed by atoms with van der Waals surface area (Å²) in [5.41, 5.74) is -0.164. The standard InChI is InChI=1S/C41H56ClF2N5O7S/c1-38-16-14-32(38)34(55-19-18-48-25-40(43,44)26-48)9-5-6-17-47(4)36(50)22-41(52,37(51)45-57(53,54)46(2)3)29-10-13-35-33(21-29)49(23-38)24-39(27-56-35)15-7-8-28-20-30(42)11-12-31(28)39/h10-13,20-21,32,34,52H,5-9,14-19,22-27H2,1-4H3,(H,45,51)/t32-,34-,38?,39-,41+/m0/s1. The van der Waals surface area contributed by atoms with Crippen LogP contribution in [0.2, 0.25) is 5.02 Å². The number of ether oxygens (including phenoxy) is 2. The highest BCUT2D eigenvalue weighted by molar-refractivity contribution is 7.87. The molecule has 5 aliphatic rings. The van der Waals surface area contributed by atoms with E-state index >= 15 is 0 Å². The number of hydrogen-bond acceptors (Lipinski definition) is 9. The van der Waals surface area contributed by atoms with Gasteiger partial charge < -0.3 is 24.4 Å². The zero-order valence-corrected chi connectivity index (χ0v) is 34.9. The van der Waals surface area contributed by atoms with Gasteiger partial charge in [-0.15, -0.1) is 0 Å². The maximum Gasteiger partial charge on any atom is 0.303 e. The monoisotopic (exact) mass is 835 g/mol. The second-order valence-electron chi connectivity index (χ2n) is 17.6. The summed E-state index contributed by atoms with van der Waals surface area (Å²) >= 11 is 6.49. The summed E-state index contributed by atoms with van der Waals surface area (Å²) in [6, 6.07) is 11.0. The molecule has 7 rings (SSSR count). The maximum atomic E-state index is 14.0. The lowest BCUT2D eigenvalue weighted by Gasteiger charge is -2.54. The van der Waals surface area contributed by atoms with Crippen molar-refractivity contribution in [1.82, 2.24) is 18.8 Å². The van der Waals surface area contributed by atoms with Crippen molar-refractivity contribution >= 4 is 39.3 Å². The molecule has 3 heterocycles. The van der Waals surface area contributed by atoms with E-state index in [-0.39, 0.29) is 36.1 Å². The summed E-state index contributed by atoms with van der Waals surface area (Å²) in [5.74, 6) is -3.71. The van der Waals surface area contributed by atoms with Crippen molar-refractivity contribution in [2.24, 2.45) is 11.3 Å². The number of hydrogen-bond donors (Lipinski definition) is 2. The molecule has 314 valence electrons. The predicted octanol–water partition coefficient (Wildman–Crippen LogP) is 4.71. The number of aryl methyl sites for hydroxylation is 1. The fourth-order valence-corrected chi connectivity index (χ4v) is 10.5. The molecule has 3 aliphatic heterocycles. The maximum absolute atomic E-state index is 14.0. The molecule has 1 spiro atoms. The fraction of sp³-hybridized carbons (Fsp3) is 0.659. The van der Waals surface area contributed by atoms with Gasteiger partial charge in [0.15, 0.2) is 5.60 Å². The molecule has 16 heteroatoms. The Morgan fingerprint density at radius 2 is 1.84 bits per heavy atom. The predicted molar refractivity (Wildman–Crippen MR) is 213 cm³/mol. The number of anilines is 1. The number of carbonyl (C=O) groups is 2. The van der Waals surface area contributed by atoms with Crippen LogP contribution in [0.25, 0.3) is 0 Å². The Morgan fingerprint density at radius 3 is 2.54 bits per heavy atom. The number of fused-ring (bicyclic) bond motifs is 4. The van der Waals surface area contributed by atoms with Gasteiger partial charge in [0.05, 0.1) is 44.5 Å². The number of nitrogens with zero attached hydrogens (tertiary/aromatic N) is 4. The quantitative estimate of drug-likeness (QED) is 0.408. The first-order valence-corrected chi connectivity index (χ1v) is 21.9. The van der Waals surface area contributed by atoms with E-state index in [0.717, 1.165) is 49.3 Å². The Bertz CT molecular complexity index is 1970. The van der Waals surface area contributed by atoms with Crippen LogP contribution >= 0.6 is 11.6 Å². The van der Waals surface area contributed by atoms with Gasteiger partial charge in [-0.1, -0.05) is 30.7 Å². The lowest BCUT2D eigenvalue weighted by molar-refractivity contribution is -0.148. The van der Waals surface area contributed by atoms with Crippen LogP contribution in [-0.2, 0) is 42.0 Å². The summed E-state index contributed by atoms with van der Waals surface area (Å²) in [6.07, 6.45) is 5.79. The van der Waals surface area contributed by atoms with Crippen molar-refractivity contribution in [2.75, 3.05) is 78.5 Å². The number of halogens is 3. The summed E-state index contributed by atoms with van der Waals surface area (Å²) in [6.45, 7) is 4.41. The molecule has 0 radical (unpaired) electrons. The molecule has 2 aliphatic carbocycles. The van der Waals surface area contributed by atoms with E-state index in [2.05, 4.69) is 17.9 Å². The van der Waals surface area contributed by atoms with Gasteiger partial charge in [0.2, 0.25) is 5.91 Å². The highest BCUT2D eigenvalue weighted by Crippen LogP contribution is 2.53. The van der Waals surface area contributed by atoms with Crippen molar-refractivity contribution in [1.29, 1.82) is 0 Å². The van der Waals surface area contributed by atoms with Crippen LogP contribution in [0, 0.1) is 11.3 Å². The van der Waals surface area contributed by atoms with Crippen molar-refractivity contribution in [3.05, 3.63) is 58.1 Å². The molecule has 57 heavy (non-hydrogen) atoms. The number of amides is 2. The number of rotatable bonds is 7. The van der Waals surface area contributed by atoms with Crippen molar-refractivity contribution in [3.8, 4) is 5.75 Å². The zero-order chi connectivity index (χ0) is 41.0. The molecule has 2 aromatic carbocycles. The van der Waals surface area contributed by atoms with E-state index in [0.29, 0.717) is 62.3 Å². The van der Waals surface area contributed by atoms with Crippen molar-refractivity contribution < 1.29 is 41.4 Å². The van der Waals surface area contributed by atoms with Gasteiger partial charge in [0.25, 0.3) is 11.8 Å². The van der Waals surface area contributed by atoms with Crippen LogP contribution in [0.15, 0.2) is 36.4 Å². The van der Waals surface area contributed by atoms with Crippen LogP contribution in [0.4, 0.5) is 14.5 Å². The summed E-state index contributed by atoms with van der Waals surface area (Å²) < 4.78 is 69.2. The number of alkyl halides is 2. The first-order valence-electron chi connectivity index (χ1n) is 20.1. The van der Waals surface area contributed by atoms with E-state index < -0.39 is 45.4 Å². The number of aliphatic hydroxyl groups is 1. The lowest BCUT2D eigenvalue weighted by atomic mass is 9.58. The molecular weight excluding hydrogens is 780 g/mol. The van der Waals surface area contributed by atoms with Gasteiger partial charge in [-0.2, -0.15) is 12.7 Å². The van der Waals surface area contributed by atoms with E-state index in [4.69, 9.17) is 21.1 Å². The first kappa shape index (κ1) is 42.1. The van der Waals surface area contributed by atoms with Gasteiger partial charge in [0.1, 0.15) is 5.75 Å². The molecule has 1 saturated heterocycles. The lowest BCUT2D eigenvalue weighted by Crippen LogP contribution is -2.57. The minimum atomic E-state index is -4.33. The minimum absolute atomic E-state index is 0.0648. The highest BCUT2D eigenvalue weighted by atomic mass is 35.5. The highest BCUT2D eigenvalue weighted by Gasteiger charge is 2.51. The van der Waals surface area contributed by atoms with Crippen LogP contribution in [0.5, 0.6) is 5.75 Å². The summed E-state index contributed by atoms with van der Waals surface area (Å²) in [5, 5.41) is 13.0. The van der Waals surface area contributed by atoms with Crippen molar-refractivity contribution in [2.45, 2.75) is 87.8 Å². The molecule has 2 bridgehead atoms. The fourth-order valence-electron chi connectivity index (χ4n) is 9.70. The van der Waals surface area contributed by atoms with Crippen LogP contribution in [0.1, 0.15) is 75.0 Å². The Morgan fingerprint density at radius 1 is 1.07 bits per heavy atom. The number of nitrogens with one attached hydrogen (secondary N) is 1. The number of carbonyl (C=O) groups excluding carboxylic acids is 2. The largest absolute Gasteiger partial charge is 0.490 e. The first-order chi connectivity index (χ1) is 26.8. The molecule has 5 atom stereocenters. The third kappa shape index (κ3) is 8.52. The Hall–Kier alpha value is -3.08. The van der Waals surface area contributed by atoms with Gasteiger partial charge in [-0.25, -0.2) is 13.5 Å². The smallest absolute Gasteiger partial charge is 0.303 e. The second kappa shape index (κ2) is 15.8. The number of likely N-dealkylation sites (tertiary alicyclic amines) is 1. The molecule has 0 aromatic heterocycles. The third-order valence-corrected chi connectivity index (χ3v) is 14.9.